The maximum absolute atomic E-state index is 12.6. The number of carbonyl (C=O) groups is 2. The van der Waals surface area contributed by atoms with E-state index in [0.717, 1.165) is 31.0 Å². The van der Waals surface area contributed by atoms with Gasteiger partial charge in [-0.1, -0.05) is 25.0 Å². The summed E-state index contributed by atoms with van der Waals surface area (Å²) in [7, 11) is 0. The molecule has 0 aromatic heterocycles. The minimum atomic E-state index is -0.993. The van der Waals surface area contributed by atoms with Gasteiger partial charge in [0.2, 0.25) is 0 Å². The standard InChI is InChI=1S/C17H21NO3/c1-13-6-3-2-4-11-18(13)17(21)15-8-5-7-14(12-15)9-10-16(19)20/h5,7-10,12-13H,2-4,6,11H2,1H3,(H,19,20). The summed E-state index contributed by atoms with van der Waals surface area (Å²) in [6, 6.07) is 7.38. The van der Waals surface area contributed by atoms with E-state index in [1.165, 1.54) is 18.9 Å². The summed E-state index contributed by atoms with van der Waals surface area (Å²) in [4.78, 5) is 25.1. The van der Waals surface area contributed by atoms with Crippen LogP contribution in [-0.2, 0) is 4.79 Å². The smallest absolute Gasteiger partial charge is 0.328 e. The van der Waals surface area contributed by atoms with E-state index in [9.17, 15) is 9.59 Å². The van der Waals surface area contributed by atoms with E-state index < -0.39 is 5.97 Å². The molecular formula is C17H21NO3. The van der Waals surface area contributed by atoms with E-state index in [-0.39, 0.29) is 11.9 Å². The molecule has 1 fully saturated rings. The van der Waals surface area contributed by atoms with Crippen molar-refractivity contribution in [3.63, 3.8) is 0 Å². The van der Waals surface area contributed by atoms with Crippen molar-refractivity contribution in [3.8, 4) is 0 Å². The van der Waals surface area contributed by atoms with Crippen LogP contribution < -0.4 is 0 Å². The monoisotopic (exact) mass is 287 g/mol. The van der Waals surface area contributed by atoms with Gasteiger partial charge < -0.3 is 10.0 Å². The number of carbonyl (C=O) groups excluding carboxylic acids is 1. The average Bonchev–Trinajstić information content (AvgIpc) is 2.69. The Balaban J connectivity index is 2.18. The Hall–Kier alpha value is -2.10. The lowest BCUT2D eigenvalue weighted by atomic mass is 10.1. The molecule has 1 aromatic rings. The molecule has 4 nitrogen and oxygen atoms in total. The van der Waals surface area contributed by atoms with Gasteiger partial charge in [-0.15, -0.1) is 0 Å². The summed E-state index contributed by atoms with van der Waals surface area (Å²) < 4.78 is 0. The number of amides is 1. The Labute approximate surface area is 125 Å². The molecule has 1 N–H and O–H groups in total. The van der Waals surface area contributed by atoms with Gasteiger partial charge in [0.1, 0.15) is 0 Å². The van der Waals surface area contributed by atoms with Crippen LogP contribution in [0.3, 0.4) is 0 Å². The Morgan fingerprint density at radius 1 is 1.29 bits per heavy atom. The number of nitrogens with zero attached hydrogens (tertiary/aromatic N) is 1. The van der Waals surface area contributed by atoms with Gasteiger partial charge in [-0.25, -0.2) is 4.79 Å². The van der Waals surface area contributed by atoms with Crippen molar-refractivity contribution < 1.29 is 14.7 Å². The predicted octanol–water partition coefficient (Wildman–Crippen LogP) is 3.19. The van der Waals surface area contributed by atoms with E-state index in [1.807, 2.05) is 4.90 Å². The van der Waals surface area contributed by atoms with E-state index >= 15 is 0 Å². The zero-order chi connectivity index (χ0) is 15.2. The highest BCUT2D eigenvalue weighted by atomic mass is 16.4. The lowest BCUT2D eigenvalue weighted by molar-refractivity contribution is -0.131. The van der Waals surface area contributed by atoms with Crippen LogP contribution in [0.25, 0.3) is 6.08 Å². The molecule has 1 unspecified atom stereocenters. The van der Waals surface area contributed by atoms with Gasteiger partial charge in [-0.05, 0) is 43.5 Å². The molecule has 1 atom stereocenters. The second-order valence-electron chi connectivity index (χ2n) is 5.49. The third-order valence-electron chi connectivity index (χ3n) is 3.87. The summed E-state index contributed by atoms with van der Waals surface area (Å²) in [5.41, 5.74) is 1.35. The van der Waals surface area contributed by atoms with Gasteiger partial charge in [-0.3, -0.25) is 4.79 Å². The minimum Gasteiger partial charge on any atom is -0.478 e. The quantitative estimate of drug-likeness (QED) is 0.869. The fourth-order valence-electron chi connectivity index (χ4n) is 2.69. The molecule has 1 aliphatic heterocycles. The van der Waals surface area contributed by atoms with Crippen LogP contribution >= 0.6 is 0 Å². The molecule has 21 heavy (non-hydrogen) atoms. The molecule has 0 aliphatic carbocycles. The number of rotatable bonds is 3. The van der Waals surface area contributed by atoms with Crippen LogP contribution in [0.4, 0.5) is 0 Å². The first kappa shape index (κ1) is 15.3. The first-order valence-corrected chi connectivity index (χ1v) is 7.40. The highest BCUT2D eigenvalue weighted by molar-refractivity contribution is 5.95. The van der Waals surface area contributed by atoms with Gasteiger partial charge in [-0.2, -0.15) is 0 Å². The minimum absolute atomic E-state index is 0.0370. The Bertz CT molecular complexity index is 551. The number of aliphatic carboxylic acids is 1. The number of benzene rings is 1. The van der Waals surface area contributed by atoms with Crippen molar-refractivity contribution >= 4 is 18.0 Å². The number of hydrogen-bond acceptors (Lipinski definition) is 2. The first-order chi connectivity index (χ1) is 10.1. The zero-order valence-corrected chi connectivity index (χ0v) is 12.3. The molecule has 1 aliphatic rings. The van der Waals surface area contributed by atoms with Gasteiger partial charge in [0, 0.05) is 24.2 Å². The molecule has 1 aromatic carbocycles. The van der Waals surface area contributed by atoms with Crippen LogP contribution in [0.1, 0.15) is 48.5 Å². The number of carboxylic acid groups (broad SMARTS) is 1. The molecule has 1 heterocycles. The highest BCUT2D eigenvalue weighted by Gasteiger charge is 2.22. The van der Waals surface area contributed by atoms with Crippen molar-refractivity contribution in [1.29, 1.82) is 0 Å². The van der Waals surface area contributed by atoms with E-state index in [4.69, 9.17) is 5.11 Å². The van der Waals surface area contributed by atoms with Crippen molar-refractivity contribution in [2.45, 2.75) is 38.6 Å². The molecule has 0 spiro atoms. The molecule has 1 amide bonds. The van der Waals surface area contributed by atoms with Crippen molar-refractivity contribution in [1.82, 2.24) is 4.90 Å². The number of hydrogen-bond donors (Lipinski definition) is 1. The zero-order valence-electron chi connectivity index (χ0n) is 12.3. The van der Waals surface area contributed by atoms with Crippen molar-refractivity contribution in [2.24, 2.45) is 0 Å². The SMILES string of the molecule is CC1CCCCCN1C(=O)c1cccc(C=CC(=O)O)c1. The van der Waals surface area contributed by atoms with Gasteiger partial charge in [0.25, 0.3) is 5.91 Å². The Morgan fingerprint density at radius 3 is 2.86 bits per heavy atom. The lowest BCUT2D eigenvalue weighted by Gasteiger charge is -2.27. The lowest BCUT2D eigenvalue weighted by Crippen LogP contribution is -2.38. The topological polar surface area (TPSA) is 57.6 Å². The summed E-state index contributed by atoms with van der Waals surface area (Å²) >= 11 is 0. The molecule has 1 saturated heterocycles. The molecule has 0 radical (unpaired) electrons. The molecule has 0 bridgehead atoms. The highest BCUT2D eigenvalue weighted by Crippen LogP contribution is 2.19. The van der Waals surface area contributed by atoms with E-state index in [2.05, 4.69) is 6.92 Å². The normalized spacial score (nSPS) is 19.5. The maximum atomic E-state index is 12.6. The number of carboxylic acids is 1. The van der Waals surface area contributed by atoms with Gasteiger partial charge in [0.15, 0.2) is 0 Å². The molecular weight excluding hydrogens is 266 g/mol. The van der Waals surface area contributed by atoms with Crippen LogP contribution in [0.15, 0.2) is 30.3 Å². The average molecular weight is 287 g/mol. The fourth-order valence-corrected chi connectivity index (χ4v) is 2.69. The second-order valence-corrected chi connectivity index (χ2v) is 5.49. The summed E-state index contributed by atoms with van der Waals surface area (Å²) in [6.45, 7) is 2.90. The fraction of sp³-hybridized carbons (Fsp3) is 0.412. The van der Waals surface area contributed by atoms with Gasteiger partial charge >= 0.3 is 5.97 Å². The Morgan fingerprint density at radius 2 is 2.10 bits per heavy atom. The van der Waals surface area contributed by atoms with E-state index in [1.54, 1.807) is 24.3 Å². The predicted molar refractivity (Wildman–Crippen MR) is 82.1 cm³/mol. The Kier molecular flexibility index (Phi) is 5.14. The van der Waals surface area contributed by atoms with Crippen LogP contribution in [-0.4, -0.2) is 34.5 Å². The summed E-state index contributed by atoms with van der Waals surface area (Å²) in [6.07, 6.45) is 7.03. The van der Waals surface area contributed by atoms with Crippen LogP contribution in [0.5, 0.6) is 0 Å². The summed E-state index contributed by atoms with van der Waals surface area (Å²) in [5.74, 6) is -0.956. The maximum Gasteiger partial charge on any atom is 0.328 e. The van der Waals surface area contributed by atoms with Crippen LogP contribution in [0, 0.1) is 0 Å². The van der Waals surface area contributed by atoms with Crippen molar-refractivity contribution in [2.75, 3.05) is 6.54 Å². The third kappa shape index (κ3) is 4.18. The molecule has 2 rings (SSSR count). The molecule has 0 saturated carbocycles. The first-order valence-electron chi connectivity index (χ1n) is 7.40. The largest absolute Gasteiger partial charge is 0.478 e. The second kappa shape index (κ2) is 7.07. The van der Waals surface area contributed by atoms with Crippen molar-refractivity contribution in [3.05, 3.63) is 41.5 Å². The summed E-state index contributed by atoms with van der Waals surface area (Å²) in [5, 5.41) is 8.66. The van der Waals surface area contributed by atoms with Crippen LogP contribution in [0.2, 0.25) is 0 Å². The molecule has 112 valence electrons. The molecule has 4 heteroatoms. The van der Waals surface area contributed by atoms with Gasteiger partial charge in [0.05, 0.1) is 0 Å². The number of likely N-dealkylation sites (tertiary alicyclic amines) is 1. The van der Waals surface area contributed by atoms with E-state index in [0.29, 0.717) is 5.56 Å². The third-order valence-corrected chi connectivity index (χ3v) is 3.87.